The van der Waals surface area contributed by atoms with Crippen molar-refractivity contribution in [2.24, 2.45) is 5.41 Å². The average molecular weight is 258 g/mol. The zero-order chi connectivity index (χ0) is 14.0. The molecule has 0 fully saturated rings. The lowest BCUT2D eigenvalue weighted by Gasteiger charge is -2.28. The summed E-state index contributed by atoms with van der Waals surface area (Å²) in [5.74, 6) is -1.49. The lowest BCUT2D eigenvalue weighted by molar-refractivity contribution is -0.156. The van der Waals surface area contributed by atoms with E-state index in [1.165, 1.54) is 24.3 Å². The summed E-state index contributed by atoms with van der Waals surface area (Å²) >= 11 is 0. The third-order valence-corrected chi connectivity index (χ3v) is 2.69. The molecule has 1 nitrogen and oxygen atoms in total. The molecule has 0 aliphatic carbocycles. The van der Waals surface area contributed by atoms with Crippen LogP contribution in [-0.2, 0) is 0 Å². The molecule has 0 radical (unpaired) electrons. The summed E-state index contributed by atoms with van der Waals surface area (Å²) in [6.07, 6.45) is -3.62. The minimum absolute atomic E-state index is 0.0247. The van der Waals surface area contributed by atoms with Crippen molar-refractivity contribution in [3.8, 4) is 0 Å². The van der Waals surface area contributed by atoms with Gasteiger partial charge in [0, 0.05) is 5.56 Å². The monoisotopic (exact) mass is 258 g/mol. The molecule has 1 aromatic carbocycles. The van der Waals surface area contributed by atoms with Crippen LogP contribution in [0.2, 0.25) is 0 Å². The Morgan fingerprint density at radius 3 is 1.94 bits per heavy atom. The summed E-state index contributed by atoms with van der Waals surface area (Å²) in [6, 6.07) is 5.61. The number of carbonyl (C=O) groups is 1. The number of aldehydes is 1. The smallest absolute Gasteiger partial charge is 0.298 e. The van der Waals surface area contributed by atoms with Gasteiger partial charge in [-0.15, -0.1) is 0 Å². The molecule has 0 heterocycles. The zero-order valence-corrected chi connectivity index (χ0v) is 10.7. The first-order chi connectivity index (χ1) is 8.13. The van der Waals surface area contributed by atoms with Gasteiger partial charge in [0.1, 0.15) is 6.29 Å². The number of hydrogen-bond donors (Lipinski definition) is 0. The Balaban J connectivity index is 3.06. The summed E-state index contributed by atoms with van der Waals surface area (Å²) in [4.78, 5) is 10.5. The summed E-state index contributed by atoms with van der Waals surface area (Å²) in [5.41, 5.74) is 0.183. The standard InChI is InChI=1S/C14H17F3O/c1-13(2,3)8-12(14(15,16)17)11-6-4-10(9-18)5-7-11/h4-7,9,12H,8H2,1-3H3/t12-/m1/s1. The van der Waals surface area contributed by atoms with Crippen molar-refractivity contribution in [2.45, 2.75) is 39.3 Å². The minimum Gasteiger partial charge on any atom is -0.298 e. The van der Waals surface area contributed by atoms with Gasteiger partial charge in [0.2, 0.25) is 0 Å². The van der Waals surface area contributed by atoms with E-state index in [1.807, 2.05) is 0 Å². The van der Waals surface area contributed by atoms with Crippen LogP contribution in [0.25, 0.3) is 0 Å². The molecule has 1 atom stereocenters. The Labute approximate surface area is 105 Å². The van der Waals surface area contributed by atoms with E-state index in [2.05, 4.69) is 0 Å². The lowest BCUT2D eigenvalue weighted by atomic mass is 9.81. The van der Waals surface area contributed by atoms with Gasteiger partial charge in [0.25, 0.3) is 0 Å². The molecule has 0 saturated heterocycles. The predicted octanol–water partition coefficient (Wildman–Crippen LogP) is 4.58. The van der Waals surface area contributed by atoms with Gasteiger partial charge in [-0.25, -0.2) is 0 Å². The van der Waals surface area contributed by atoms with E-state index in [9.17, 15) is 18.0 Å². The van der Waals surface area contributed by atoms with Crippen molar-refractivity contribution in [2.75, 3.05) is 0 Å². The maximum absolute atomic E-state index is 13.0. The van der Waals surface area contributed by atoms with Crippen LogP contribution in [0.1, 0.15) is 49.0 Å². The predicted molar refractivity (Wildman–Crippen MR) is 64.7 cm³/mol. The van der Waals surface area contributed by atoms with E-state index in [-0.39, 0.29) is 12.0 Å². The molecule has 0 amide bonds. The third-order valence-electron chi connectivity index (χ3n) is 2.69. The van der Waals surface area contributed by atoms with E-state index in [0.29, 0.717) is 11.8 Å². The van der Waals surface area contributed by atoms with Gasteiger partial charge in [0.15, 0.2) is 0 Å². The highest BCUT2D eigenvalue weighted by atomic mass is 19.4. The number of rotatable bonds is 3. The highest BCUT2D eigenvalue weighted by molar-refractivity contribution is 5.74. The fourth-order valence-electron chi connectivity index (χ4n) is 1.84. The molecule has 0 aliphatic heterocycles. The van der Waals surface area contributed by atoms with Crippen molar-refractivity contribution >= 4 is 6.29 Å². The van der Waals surface area contributed by atoms with Crippen molar-refractivity contribution in [3.63, 3.8) is 0 Å². The zero-order valence-electron chi connectivity index (χ0n) is 10.7. The molecule has 100 valence electrons. The highest BCUT2D eigenvalue weighted by Gasteiger charge is 2.42. The summed E-state index contributed by atoms with van der Waals surface area (Å²) in [6.45, 7) is 5.35. The number of carbonyl (C=O) groups excluding carboxylic acids is 1. The molecule has 18 heavy (non-hydrogen) atoms. The van der Waals surface area contributed by atoms with E-state index in [1.54, 1.807) is 20.8 Å². The lowest BCUT2D eigenvalue weighted by Crippen LogP contribution is -2.25. The molecule has 0 aromatic heterocycles. The van der Waals surface area contributed by atoms with Crippen molar-refractivity contribution in [1.82, 2.24) is 0 Å². The topological polar surface area (TPSA) is 17.1 Å². The van der Waals surface area contributed by atoms with Gasteiger partial charge in [-0.05, 0) is 17.4 Å². The van der Waals surface area contributed by atoms with Crippen LogP contribution in [0.4, 0.5) is 13.2 Å². The summed E-state index contributed by atoms with van der Waals surface area (Å²) in [5, 5.41) is 0. The first-order valence-corrected chi connectivity index (χ1v) is 5.75. The van der Waals surface area contributed by atoms with E-state index < -0.39 is 17.5 Å². The molecule has 4 heteroatoms. The van der Waals surface area contributed by atoms with Gasteiger partial charge in [0.05, 0.1) is 5.92 Å². The molecule has 0 bridgehead atoms. The molecule has 0 unspecified atom stereocenters. The number of alkyl halides is 3. The van der Waals surface area contributed by atoms with Crippen LogP contribution in [0.15, 0.2) is 24.3 Å². The second kappa shape index (κ2) is 5.12. The van der Waals surface area contributed by atoms with Crippen molar-refractivity contribution in [1.29, 1.82) is 0 Å². The van der Waals surface area contributed by atoms with E-state index in [0.717, 1.165) is 0 Å². The van der Waals surface area contributed by atoms with Crippen LogP contribution < -0.4 is 0 Å². The molecule has 0 N–H and O–H groups in total. The normalized spacial score (nSPS) is 14.3. The van der Waals surface area contributed by atoms with Gasteiger partial charge < -0.3 is 0 Å². The van der Waals surface area contributed by atoms with Crippen molar-refractivity contribution in [3.05, 3.63) is 35.4 Å². The minimum atomic E-state index is -4.27. The Morgan fingerprint density at radius 2 is 1.61 bits per heavy atom. The highest BCUT2D eigenvalue weighted by Crippen LogP contribution is 2.42. The van der Waals surface area contributed by atoms with Gasteiger partial charge >= 0.3 is 6.18 Å². The molecular weight excluding hydrogens is 241 g/mol. The molecule has 1 aromatic rings. The SMILES string of the molecule is CC(C)(C)C[C@H](c1ccc(C=O)cc1)C(F)(F)F. The Bertz CT molecular complexity index is 399. The molecule has 0 aliphatic rings. The van der Waals surface area contributed by atoms with E-state index >= 15 is 0 Å². The summed E-state index contributed by atoms with van der Waals surface area (Å²) in [7, 11) is 0. The fraction of sp³-hybridized carbons (Fsp3) is 0.500. The van der Waals surface area contributed by atoms with Gasteiger partial charge in [-0.2, -0.15) is 13.2 Å². The Morgan fingerprint density at radius 1 is 1.11 bits per heavy atom. The maximum atomic E-state index is 13.0. The van der Waals surface area contributed by atoms with Crippen LogP contribution in [0.5, 0.6) is 0 Å². The average Bonchev–Trinajstić information content (AvgIpc) is 2.24. The Kier molecular flexibility index (Phi) is 4.20. The fourth-order valence-corrected chi connectivity index (χ4v) is 1.84. The van der Waals surface area contributed by atoms with Gasteiger partial charge in [-0.1, -0.05) is 45.0 Å². The Hall–Kier alpha value is -1.32. The third kappa shape index (κ3) is 4.17. The van der Waals surface area contributed by atoms with Gasteiger partial charge in [-0.3, -0.25) is 4.79 Å². The maximum Gasteiger partial charge on any atom is 0.395 e. The number of halogens is 3. The molecular formula is C14H17F3O. The van der Waals surface area contributed by atoms with Crippen LogP contribution in [0.3, 0.4) is 0 Å². The van der Waals surface area contributed by atoms with Crippen LogP contribution in [-0.4, -0.2) is 12.5 Å². The van der Waals surface area contributed by atoms with Crippen LogP contribution in [0, 0.1) is 5.41 Å². The first kappa shape index (κ1) is 14.7. The number of hydrogen-bond acceptors (Lipinski definition) is 1. The summed E-state index contributed by atoms with van der Waals surface area (Å²) < 4.78 is 39.1. The second-order valence-electron chi connectivity index (χ2n) is 5.64. The quantitative estimate of drug-likeness (QED) is 0.725. The molecule has 1 rings (SSSR count). The molecule has 0 spiro atoms. The van der Waals surface area contributed by atoms with Crippen molar-refractivity contribution < 1.29 is 18.0 Å². The first-order valence-electron chi connectivity index (χ1n) is 5.75. The van der Waals surface area contributed by atoms with E-state index in [4.69, 9.17) is 0 Å². The largest absolute Gasteiger partial charge is 0.395 e. The molecule has 0 saturated carbocycles. The number of benzene rings is 1. The van der Waals surface area contributed by atoms with Crippen LogP contribution >= 0.6 is 0 Å². The second-order valence-corrected chi connectivity index (χ2v) is 5.64.